The average Bonchev–Trinajstić information content (AvgIpc) is 2.74. The third kappa shape index (κ3) is 2.70. The number of aromatic nitrogens is 2. The van der Waals surface area contributed by atoms with E-state index >= 15 is 0 Å². The van der Waals surface area contributed by atoms with E-state index in [2.05, 4.69) is 9.88 Å². The van der Waals surface area contributed by atoms with Crippen LogP contribution in [0.2, 0.25) is 0 Å². The Morgan fingerprint density at radius 2 is 2.17 bits per heavy atom. The molecule has 1 aliphatic heterocycles. The zero-order valence-electron chi connectivity index (χ0n) is 10.8. The van der Waals surface area contributed by atoms with Crippen LogP contribution in [0.1, 0.15) is 36.2 Å². The standard InChI is InChI=1S/C12H19N3O3/c1-9(2)15-10(12(16)17)7-13-11(15)8-14-3-5-18-6-4-14/h7,9H,3-6,8H2,1-2H3,(H,16,17). The monoisotopic (exact) mass is 253 g/mol. The fraction of sp³-hybridized carbons (Fsp3) is 0.667. The van der Waals surface area contributed by atoms with Gasteiger partial charge in [-0.3, -0.25) is 4.90 Å². The molecule has 0 amide bonds. The van der Waals surface area contributed by atoms with Gasteiger partial charge in [0.1, 0.15) is 11.5 Å². The van der Waals surface area contributed by atoms with Crippen LogP contribution >= 0.6 is 0 Å². The highest BCUT2D eigenvalue weighted by Gasteiger charge is 2.20. The highest BCUT2D eigenvalue weighted by atomic mass is 16.5. The lowest BCUT2D eigenvalue weighted by molar-refractivity contribution is 0.0323. The number of aromatic carboxylic acids is 1. The molecule has 0 saturated carbocycles. The molecule has 0 aliphatic carbocycles. The van der Waals surface area contributed by atoms with E-state index in [0.717, 1.165) is 32.1 Å². The van der Waals surface area contributed by atoms with E-state index in [1.807, 2.05) is 13.8 Å². The van der Waals surface area contributed by atoms with Crippen molar-refractivity contribution in [2.45, 2.75) is 26.4 Å². The zero-order valence-corrected chi connectivity index (χ0v) is 10.8. The summed E-state index contributed by atoms with van der Waals surface area (Å²) < 4.78 is 7.09. The van der Waals surface area contributed by atoms with Crippen LogP contribution in [0.3, 0.4) is 0 Å². The minimum atomic E-state index is -0.926. The predicted molar refractivity (Wildman–Crippen MR) is 65.7 cm³/mol. The van der Waals surface area contributed by atoms with Crippen molar-refractivity contribution >= 4 is 5.97 Å². The Bertz CT molecular complexity index is 422. The Hall–Kier alpha value is -1.40. The number of nitrogens with zero attached hydrogens (tertiary/aromatic N) is 3. The Balaban J connectivity index is 2.19. The van der Waals surface area contributed by atoms with E-state index in [0.29, 0.717) is 6.54 Å². The van der Waals surface area contributed by atoms with E-state index < -0.39 is 5.97 Å². The zero-order chi connectivity index (χ0) is 13.1. The van der Waals surface area contributed by atoms with Gasteiger partial charge in [0.25, 0.3) is 0 Å². The van der Waals surface area contributed by atoms with E-state index in [-0.39, 0.29) is 11.7 Å². The van der Waals surface area contributed by atoms with Crippen LogP contribution in [0.5, 0.6) is 0 Å². The number of rotatable bonds is 4. The molecule has 0 radical (unpaired) electrons. The second-order valence-electron chi connectivity index (χ2n) is 4.72. The van der Waals surface area contributed by atoms with Gasteiger partial charge in [-0.1, -0.05) is 0 Å². The summed E-state index contributed by atoms with van der Waals surface area (Å²) in [5, 5.41) is 9.14. The van der Waals surface area contributed by atoms with E-state index in [1.54, 1.807) is 4.57 Å². The van der Waals surface area contributed by atoms with Crippen LogP contribution in [-0.4, -0.2) is 51.8 Å². The van der Waals surface area contributed by atoms with Crippen molar-refractivity contribution in [1.29, 1.82) is 0 Å². The van der Waals surface area contributed by atoms with Crippen LogP contribution in [-0.2, 0) is 11.3 Å². The van der Waals surface area contributed by atoms with Gasteiger partial charge < -0.3 is 14.4 Å². The lowest BCUT2D eigenvalue weighted by Gasteiger charge is -2.27. The first kappa shape index (κ1) is 13.0. The smallest absolute Gasteiger partial charge is 0.354 e. The van der Waals surface area contributed by atoms with Crippen molar-refractivity contribution in [2.75, 3.05) is 26.3 Å². The molecule has 18 heavy (non-hydrogen) atoms. The molecule has 100 valence electrons. The summed E-state index contributed by atoms with van der Waals surface area (Å²) in [5.74, 6) is -0.117. The Kier molecular flexibility index (Phi) is 3.98. The van der Waals surface area contributed by atoms with Gasteiger partial charge in [0.05, 0.1) is 26.0 Å². The second-order valence-corrected chi connectivity index (χ2v) is 4.72. The lowest BCUT2D eigenvalue weighted by Crippen LogP contribution is -2.36. The second kappa shape index (κ2) is 5.49. The van der Waals surface area contributed by atoms with Gasteiger partial charge in [-0.2, -0.15) is 0 Å². The van der Waals surface area contributed by atoms with Gasteiger partial charge in [-0.15, -0.1) is 0 Å². The van der Waals surface area contributed by atoms with Crippen molar-refractivity contribution in [3.05, 3.63) is 17.7 Å². The third-order valence-electron chi connectivity index (χ3n) is 3.08. The third-order valence-corrected chi connectivity index (χ3v) is 3.08. The highest BCUT2D eigenvalue weighted by molar-refractivity contribution is 5.85. The molecule has 0 atom stereocenters. The van der Waals surface area contributed by atoms with Crippen LogP contribution in [0.15, 0.2) is 6.20 Å². The molecule has 0 spiro atoms. The molecule has 1 aromatic rings. The van der Waals surface area contributed by atoms with Crippen molar-refractivity contribution in [1.82, 2.24) is 14.5 Å². The molecule has 1 fully saturated rings. The minimum absolute atomic E-state index is 0.0923. The molecule has 6 nitrogen and oxygen atoms in total. The van der Waals surface area contributed by atoms with Crippen molar-refractivity contribution in [3.8, 4) is 0 Å². The molecule has 2 heterocycles. The summed E-state index contributed by atoms with van der Waals surface area (Å²) in [5.41, 5.74) is 0.258. The SMILES string of the molecule is CC(C)n1c(C(=O)O)cnc1CN1CCOCC1. The predicted octanol–water partition coefficient (Wildman–Crippen LogP) is 0.994. The van der Waals surface area contributed by atoms with Gasteiger partial charge in [0.2, 0.25) is 0 Å². The first-order valence-electron chi connectivity index (χ1n) is 6.19. The van der Waals surface area contributed by atoms with E-state index in [1.165, 1.54) is 6.20 Å². The molecule has 1 aliphatic rings. The number of carboxylic acids is 1. The number of hydrogen-bond donors (Lipinski definition) is 1. The van der Waals surface area contributed by atoms with Gasteiger partial charge >= 0.3 is 5.97 Å². The van der Waals surface area contributed by atoms with Crippen molar-refractivity contribution in [2.24, 2.45) is 0 Å². The number of hydrogen-bond acceptors (Lipinski definition) is 4. The molecule has 1 saturated heterocycles. The lowest BCUT2D eigenvalue weighted by atomic mass is 10.3. The first-order valence-corrected chi connectivity index (χ1v) is 6.19. The summed E-state index contributed by atoms with van der Waals surface area (Å²) in [6.07, 6.45) is 1.44. The fourth-order valence-electron chi connectivity index (χ4n) is 2.21. The van der Waals surface area contributed by atoms with Crippen molar-refractivity contribution in [3.63, 3.8) is 0 Å². The topological polar surface area (TPSA) is 67.6 Å². The van der Waals surface area contributed by atoms with Crippen LogP contribution in [0.4, 0.5) is 0 Å². The summed E-state index contributed by atoms with van der Waals surface area (Å²) in [6, 6.07) is 0.0923. The minimum Gasteiger partial charge on any atom is -0.477 e. The number of ether oxygens (including phenoxy) is 1. The normalized spacial score (nSPS) is 17.3. The quantitative estimate of drug-likeness (QED) is 0.867. The molecule has 1 N–H and O–H groups in total. The maximum Gasteiger partial charge on any atom is 0.354 e. The maximum atomic E-state index is 11.1. The molecule has 1 aromatic heterocycles. The maximum absolute atomic E-state index is 11.1. The van der Waals surface area contributed by atoms with Crippen molar-refractivity contribution < 1.29 is 14.6 Å². The summed E-state index contributed by atoms with van der Waals surface area (Å²) >= 11 is 0. The Labute approximate surface area is 106 Å². The molecule has 6 heteroatoms. The summed E-state index contributed by atoms with van der Waals surface area (Å²) in [7, 11) is 0. The largest absolute Gasteiger partial charge is 0.477 e. The van der Waals surface area contributed by atoms with Gasteiger partial charge in [0.15, 0.2) is 0 Å². The van der Waals surface area contributed by atoms with Gasteiger partial charge in [-0.05, 0) is 13.8 Å². The fourth-order valence-corrected chi connectivity index (χ4v) is 2.21. The van der Waals surface area contributed by atoms with Crippen LogP contribution in [0, 0.1) is 0 Å². The van der Waals surface area contributed by atoms with E-state index in [4.69, 9.17) is 9.84 Å². The number of morpholine rings is 1. The summed E-state index contributed by atoms with van der Waals surface area (Å²) in [6.45, 7) is 7.81. The summed E-state index contributed by atoms with van der Waals surface area (Å²) in [4.78, 5) is 17.6. The first-order chi connectivity index (χ1) is 8.59. The molecular weight excluding hydrogens is 234 g/mol. The average molecular weight is 253 g/mol. The highest BCUT2D eigenvalue weighted by Crippen LogP contribution is 2.16. The van der Waals surface area contributed by atoms with Gasteiger partial charge in [-0.25, -0.2) is 9.78 Å². The molecule has 0 unspecified atom stereocenters. The number of imidazole rings is 1. The Morgan fingerprint density at radius 3 is 2.72 bits per heavy atom. The van der Waals surface area contributed by atoms with Gasteiger partial charge in [0, 0.05) is 19.1 Å². The Morgan fingerprint density at radius 1 is 1.50 bits per heavy atom. The molecule has 0 bridgehead atoms. The van der Waals surface area contributed by atoms with E-state index in [9.17, 15) is 4.79 Å². The molecular formula is C12H19N3O3. The molecule has 0 aromatic carbocycles. The molecule has 2 rings (SSSR count). The number of carbonyl (C=O) groups is 1. The van der Waals surface area contributed by atoms with Crippen LogP contribution < -0.4 is 0 Å². The van der Waals surface area contributed by atoms with Crippen LogP contribution in [0.25, 0.3) is 0 Å². The number of carboxylic acid groups (broad SMARTS) is 1.